The number of nitrogens with one attached hydrogen (secondary N) is 3. The molecular formula is C25H28N6O2S2. The molecule has 35 heavy (non-hydrogen) atoms. The van der Waals surface area contributed by atoms with Crippen LogP contribution in [0.4, 0.5) is 5.13 Å². The third kappa shape index (κ3) is 8.18. The van der Waals surface area contributed by atoms with Gasteiger partial charge in [-0.05, 0) is 29.9 Å². The van der Waals surface area contributed by atoms with E-state index in [2.05, 4.69) is 38.3 Å². The van der Waals surface area contributed by atoms with Crippen molar-refractivity contribution in [2.45, 2.75) is 44.5 Å². The Morgan fingerprint density at radius 3 is 2.31 bits per heavy atom. The average Bonchev–Trinajstić information content (AvgIpc) is 3.48. The van der Waals surface area contributed by atoms with Gasteiger partial charge in [-0.1, -0.05) is 90.7 Å². The van der Waals surface area contributed by atoms with Crippen molar-refractivity contribution in [2.24, 2.45) is 11.0 Å². The van der Waals surface area contributed by atoms with E-state index in [1.54, 1.807) is 11.8 Å². The maximum absolute atomic E-state index is 12.3. The monoisotopic (exact) mass is 508 g/mol. The van der Waals surface area contributed by atoms with Gasteiger partial charge >= 0.3 is 0 Å². The first-order valence-electron chi connectivity index (χ1n) is 11.5. The normalized spacial score (nSPS) is 15.7. The van der Waals surface area contributed by atoms with Gasteiger partial charge in [-0.2, -0.15) is 5.10 Å². The standard InChI is InChI=1S/C25H28N6O2S2/c1-17(14-23-29-31-25(35-23)27-21(33)16-19-10-6-3-7-11-19)12-13-22-28-30-24(34-22)26-20(32)15-18-8-4-2-5-9-18/h2-11,17,24,30H,12-16H2,1H3,(H,26,32)(H,27,31,33). The van der Waals surface area contributed by atoms with Crippen molar-refractivity contribution >= 4 is 45.1 Å². The summed E-state index contributed by atoms with van der Waals surface area (Å²) in [6, 6.07) is 19.3. The smallest absolute Gasteiger partial charge is 0.230 e. The van der Waals surface area contributed by atoms with Crippen LogP contribution in [0.25, 0.3) is 0 Å². The van der Waals surface area contributed by atoms with Crippen LogP contribution >= 0.6 is 23.1 Å². The van der Waals surface area contributed by atoms with Crippen molar-refractivity contribution in [2.75, 3.05) is 5.32 Å². The molecule has 2 atom stereocenters. The zero-order valence-electron chi connectivity index (χ0n) is 19.4. The lowest BCUT2D eigenvalue weighted by molar-refractivity contribution is -0.120. The van der Waals surface area contributed by atoms with E-state index < -0.39 is 0 Å². The van der Waals surface area contributed by atoms with E-state index in [0.717, 1.165) is 40.4 Å². The molecule has 0 saturated heterocycles. The summed E-state index contributed by atoms with van der Waals surface area (Å²) in [5.74, 6) is 0.251. The number of nitrogens with zero attached hydrogens (tertiary/aromatic N) is 3. The third-order valence-electron chi connectivity index (χ3n) is 5.35. The second-order valence-corrected chi connectivity index (χ2v) is 10.7. The quantitative estimate of drug-likeness (QED) is 0.362. The number of carbonyl (C=O) groups excluding carboxylic acids is 2. The highest BCUT2D eigenvalue weighted by atomic mass is 32.2. The first kappa shape index (κ1) is 24.9. The molecule has 3 aromatic rings. The highest BCUT2D eigenvalue weighted by Gasteiger charge is 2.21. The SMILES string of the molecule is CC(CCC1=NNC(NC(=O)Cc2ccccc2)S1)Cc1nnc(NC(=O)Cc2ccccc2)s1. The number of aromatic nitrogens is 2. The number of anilines is 1. The summed E-state index contributed by atoms with van der Waals surface area (Å²) >= 11 is 2.96. The van der Waals surface area contributed by atoms with Crippen molar-refractivity contribution in [1.82, 2.24) is 20.9 Å². The second-order valence-electron chi connectivity index (χ2n) is 8.42. The van der Waals surface area contributed by atoms with E-state index in [9.17, 15) is 9.59 Å². The molecule has 0 fully saturated rings. The van der Waals surface area contributed by atoms with Gasteiger partial charge in [0.2, 0.25) is 16.9 Å². The van der Waals surface area contributed by atoms with Gasteiger partial charge < -0.3 is 10.6 Å². The van der Waals surface area contributed by atoms with Gasteiger partial charge in [0.05, 0.1) is 17.9 Å². The maximum Gasteiger partial charge on any atom is 0.230 e. The van der Waals surface area contributed by atoms with Crippen LogP contribution in [-0.4, -0.2) is 32.6 Å². The first-order chi connectivity index (χ1) is 17.0. The Balaban J connectivity index is 1.14. The Bertz CT molecular complexity index is 1150. The number of hydrazone groups is 1. The van der Waals surface area contributed by atoms with Crippen LogP contribution in [0.1, 0.15) is 35.9 Å². The fourth-order valence-electron chi connectivity index (χ4n) is 3.58. The van der Waals surface area contributed by atoms with E-state index in [4.69, 9.17) is 0 Å². The van der Waals surface area contributed by atoms with E-state index in [1.165, 1.54) is 11.3 Å². The third-order valence-corrected chi connectivity index (χ3v) is 7.24. The minimum Gasteiger partial charge on any atom is -0.326 e. The molecule has 182 valence electrons. The van der Waals surface area contributed by atoms with E-state index in [1.807, 2.05) is 60.7 Å². The summed E-state index contributed by atoms with van der Waals surface area (Å²) in [5, 5.41) is 20.9. The maximum atomic E-state index is 12.3. The summed E-state index contributed by atoms with van der Waals surface area (Å²) in [5.41, 5.74) is 4.71. The molecule has 1 aliphatic heterocycles. The van der Waals surface area contributed by atoms with E-state index in [0.29, 0.717) is 23.9 Å². The number of thioether (sulfide) groups is 1. The highest BCUT2D eigenvalue weighted by Crippen LogP contribution is 2.24. The Morgan fingerprint density at radius 1 is 0.971 bits per heavy atom. The van der Waals surface area contributed by atoms with Crippen LogP contribution in [0.2, 0.25) is 0 Å². The largest absolute Gasteiger partial charge is 0.326 e. The number of hydrogen-bond acceptors (Lipinski definition) is 8. The molecule has 0 saturated carbocycles. The van der Waals surface area contributed by atoms with Crippen LogP contribution in [0.15, 0.2) is 65.8 Å². The molecule has 0 spiro atoms. The number of hydrogen-bond donors (Lipinski definition) is 3. The fourth-order valence-corrected chi connectivity index (χ4v) is 5.40. The van der Waals surface area contributed by atoms with E-state index in [-0.39, 0.29) is 17.3 Å². The highest BCUT2D eigenvalue weighted by molar-refractivity contribution is 8.14. The molecule has 0 bridgehead atoms. The summed E-state index contributed by atoms with van der Waals surface area (Å²) < 4.78 is 0. The molecular weight excluding hydrogens is 480 g/mol. The molecule has 3 N–H and O–H groups in total. The molecule has 0 aliphatic carbocycles. The van der Waals surface area contributed by atoms with Crippen LogP contribution in [0, 0.1) is 5.92 Å². The zero-order chi connectivity index (χ0) is 24.5. The molecule has 2 aromatic carbocycles. The topological polar surface area (TPSA) is 108 Å². The minimum absolute atomic E-state index is 0.0334. The minimum atomic E-state index is -0.235. The Hall–Kier alpha value is -3.24. The number of amides is 2. The van der Waals surface area contributed by atoms with Crippen molar-refractivity contribution in [3.63, 3.8) is 0 Å². The van der Waals surface area contributed by atoms with Gasteiger partial charge in [0.25, 0.3) is 0 Å². The molecule has 1 aromatic heterocycles. The van der Waals surface area contributed by atoms with Crippen LogP contribution in [0.5, 0.6) is 0 Å². The van der Waals surface area contributed by atoms with Crippen molar-refractivity contribution in [3.8, 4) is 0 Å². The predicted octanol–water partition coefficient (Wildman–Crippen LogP) is 3.97. The number of rotatable bonds is 11. The fraction of sp³-hybridized carbons (Fsp3) is 0.320. The molecule has 1 aliphatic rings. The molecule has 4 rings (SSSR count). The van der Waals surface area contributed by atoms with Gasteiger partial charge in [0, 0.05) is 6.42 Å². The van der Waals surface area contributed by atoms with Crippen molar-refractivity contribution in [1.29, 1.82) is 0 Å². The first-order valence-corrected chi connectivity index (χ1v) is 13.2. The number of carbonyl (C=O) groups is 2. The van der Waals surface area contributed by atoms with E-state index >= 15 is 0 Å². The lowest BCUT2D eigenvalue weighted by atomic mass is 10.0. The van der Waals surface area contributed by atoms with Crippen LogP contribution < -0.4 is 16.1 Å². The molecule has 2 amide bonds. The Morgan fingerprint density at radius 2 is 1.63 bits per heavy atom. The molecule has 8 nitrogen and oxygen atoms in total. The summed E-state index contributed by atoms with van der Waals surface area (Å²) in [4.78, 5) is 24.5. The predicted molar refractivity (Wildman–Crippen MR) is 141 cm³/mol. The zero-order valence-corrected chi connectivity index (χ0v) is 21.1. The number of benzene rings is 2. The van der Waals surface area contributed by atoms with Crippen molar-refractivity contribution in [3.05, 3.63) is 76.8 Å². The summed E-state index contributed by atoms with van der Waals surface area (Å²) in [6.07, 6.45) is 3.21. The molecule has 2 unspecified atom stereocenters. The van der Waals surface area contributed by atoms with Gasteiger partial charge in [0.1, 0.15) is 5.01 Å². The molecule has 0 radical (unpaired) electrons. The Labute approximate surface area is 213 Å². The molecule has 10 heteroatoms. The lowest BCUT2D eigenvalue weighted by Gasteiger charge is -2.12. The summed E-state index contributed by atoms with van der Waals surface area (Å²) in [7, 11) is 0. The van der Waals surface area contributed by atoms with Crippen LogP contribution in [0.3, 0.4) is 0 Å². The van der Waals surface area contributed by atoms with Crippen LogP contribution in [-0.2, 0) is 28.9 Å². The van der Waals surface area contributed by atoms with Gasteiger partial charge in [-0.25, -0.2) is 0 Å². The van der Waals surface area contributed by atoms with Crippen molar-refractivity contribution < 1.29 is 9.59 Å². The lowest BCUT2D eigenvalue weighted by Crippen LogP contribution is -2.39. The second kappa shape index (κ2) is 12.5. The molecule has 2 heterocycles. The van der Waals surface area contributed by atoms with Gasteiger partial charge in [-0.3, -0.25) is 15.0 Å². The summed E-state index contributed by atoms with van der Waals surface area (Å²) in [6.45, 7) is 2.17. The van der Waals surface area contributed by atoms with Gasteiger partial charge in [-0.15, -0.1) is 10.2 Å². The average molecular weight is 509 g/mol. The van der Waals surface area contributed by atoms with Gasteiger partial charge in [0.15, 0.2) is 5.50 Å². The Kier molecular flexibility index (Phi) is 8.85.